The van der Waals surface area contributed by atoms with Crippen molar-refractivity contribution >= 4 is 14.4 Å². The fourth-order valence-corrected chi connectivity index (χ4v) is 8.45. The zero-order valence-corrected chi connectivity index (χ0v) is 35.8. The lowest BCUT2D eigenvalue weighted by atomic mass is 9.80. The molecule has 10 heteroatoms. The van der Waals surface area contributed by atoms with E-state index in [4.69, 9.17) is 23.3 Å². The van der Waals surface area contributed by atoms with Crippen LogP contribution in [-0.4, -0.2) is 62.2 Å². The van der Waals surface area contributed by atoms with Crippen LogP contribution in [0.3, 0.4) is 0 Å². The first kappa shape index (κ1) is 44.6. The third-order valence-corrected chi connectivity index (χ3v) is 11.9. The van der Waals surface area contributed by atoms with E-state index in [1.165, 1.54) is 0 Å². The summed E-state index contributed by atoms with van der Waals surface area (Å²) in [5, 5.41) is 12.6. The Morgan fingerprint density at radius 1 is 0.695 bits per heavy atom. The quantitative estimate of drug-likeness (QED) is 0.0381. The molecule has 0 fully saturated rings. The summed E-state index contributed by atoms with van der Waals surface area (Å²) in [6, 6.07) is 44.3. The number of nitriles is 1. The zero-order valence-electron chi connectivity index (χ0n) is 34.9. The van der Waals surface area contributed by atoms with Gasteiger partial charge in [-0.15, -0.1) is 0 Å². The summed E-state index contributed by atoms with van der Waals surface area (Å²) in [5.74, 6) is 7.47. The molecule has 1 N–H and O–H groups in total. The van der Waals surface area contributed by atoms with E-state index >= 15 is 0 Å². The molecule has 306 valence electrons. The summed E-state index contributed by atoms with van der Waals surface area (Å²) < 4.78 is 33.7. The van der Waals surface area contributed by atoms with Crippen LogP contribution in [0.5, 0.6) is 11.5 Å². The van der Waals surface area contributed by atoms with Gasteiger partial charge < -0.3 is 28.6 Å². The molecule has 0 radical (unpaired) electrons. The van der Waals surface area contributed by atoms with Crippen LogP contribution >= 0.6 is 8.53 Å². The number of rotatable bonds is 19. The van der Waals surface area contributed by atoms with Gasteiger partial charge in [0.2, 0.25) is 0 Å². The smallest absolute Gasteiger partial charge is 0.259 e. The number of methoxy groups -OCH3 is 2. The average molecular weight is 812 g/mol. The van der Waals surface area contributed by atoms with Gasteiger partial charge in [-0.2, -0.15) is 5.26 Å². The summed E-state index contributed by atoms with van der Waals surface area (Å²) in [4.78, 5) is 14.2. The van der Waals surface area contributed by atoms with Crippen molar-refractivity contribution in [1.82, 2.24) is 9.99 Å². The van der Waals surface area contributed by atoms with E-state index in [0.717, 1.165) is 27.8 Å². The van der Waals surface area contributed by atoms with Crippen LogP contribution in [0.25, 0.3) is 0 Å². The molecule has 0 heterocycles. The summed E-state index contributed by atoms with van der Waals surface area (Å²) >= 11 is 0. The Balaban J connectivity index is 1.55. The zero-order chi connectivity index (χ0) is 42.2. The van der Waals surface area contributed by atoms with Gasteiger partial charge in [-0.1, -0.05) is 84.6 Å². The average Bonchev–Trinajstić information content (AvgIpc) is 3.26. The number of benzene rings is 5. The first-order chi connectivity index (χ1) is 28.6. The highest BCUT2D eigenvalue weighted by atomic mass is 31.2. The Hall–Kier alpha value is -5.51. The molecule has 1 unspecified atom stereocenters. The first-order valence-electron chi connectivity index (χ1n) is 19.8. The Bertz CT molecular complexity index is 2090. The van der Waals surface area contributed by atoms with Crippen molar-refractivity contribution < 1.29 is 28.1 Å². The largest absolute Gasteiger partial charge is 0.497 e. The third kappa shape index (κ3) is 11.8. The van der Waals surface area contributed by atoms with Crippen LogP contribution in [0.4, 0.5) is 0 Å². The topological polar surface area (TPSA) is 102 Å². The standard InChI is InChI=1S/C49H54N3O6P/c1-36(2)52(37(3)4)59(57-34-14-33-50)58-38(5)47(51-48(53)41-23-21-40(22-24-41)20-19-39-15-10-8-11-16-39)35-56-49(42-17-12-9-13-18-42,43-25-29-45(54-6)30-26-43)44-27-31-46(55-7)32-28-44/h8-13,15-18,21-32,36-38,47H,14,34-35H2,1-7H3,(H,51,53)/t38-,47-,59?/m0/s1. The van der Waals surface area contributed by atoms with Gasteiger partial charge in [-0.25, -0.2) is 4.67 Å². The van der Waals surface area contributed by atoms with E-state index in [0.29, 0.717) is 17.1 Å². The molecule has 0 aliphatic heterocycles. The second-order valence-corrected chi connectivity index (χ2v) is 15.9. The van der Waals surface area contributed by atoms with Gasteiger partial charge in [-0.05, 0) is 112 Å². The van der Waals surface area contributed by atoms with Gasteiger partial charge >= 0.3 is 0 Å². The van der Waals surface area contributed by atoms with Gasteiger partial charge in [0.1, 0.15) is 17.1 Å². The Morgan fingerprint density at radius 2 is 1.19 bits per heavy atom. The van der Waals surface area contributed by atoms with E-state index in [-0.39, 0.29) is 37.6 Å². The van der Waals surface area contributed by atoms with Crippen LogP contribution in [-0.2, 0) is 19.4 Å². The second-order valence-electron chi connectivity index (χ2n) is 14.4. The molecular weight excluding hydrogens is 758 g/mol. The molecule has 0 spiro atoms. The highest BCUT2D eigenvalue weighted by Gasteiger charge is 2.40. The minimum atomic E-state index is -1.64. The second kappa shape index (κ2) is 22.0. The molecule has 0 bridgehead atoms. The molecule has 9 nitrogen and oxygen atoms in total. The molecule has 1 amide bonds. The van der Waals surface area contributed by atoms with E-state index in [1.807, 2.05) is 128 Å². The first-order valence-corrected chi connectivity index (χ1v) is 20.9. The van der Waals surface area contributed by atoms with Crippen molar-refractivity contribution in [3.63, 3.8) is 0 Å². The van der Waals surface area contributed by atoms with Gasteiger partial charge in [0, 0.05) is 28.8 Å². The van der Waals surface area contributed by atoms with Crippen LogP contribution in [0, 0.1) is 23.2 Å². The summed E-state index contributed by atoms with van der Waals surface area (Å²) in [6.07, 6.45) is -0.387. The number of nitrogens with zero attached hydrogens (tertiary/aromatic N) is 2. The van der Waals surface area contributed by atoms with E-state index in [2.05, 4.69) is 55.6 Å². The van der Waals surface area contributed by atoms with Gasteiger partial charge in [0.15, 0.2) is 0 Å². The molecule has 5 aromatic rings. The molecule has 0 aromatic heterocycles. The van der Waals surface area contributed by atoms with Crippen molar-refractivity contribution in [3.8, 4) is 29.4 Å². The SMILES string of the molecule is COc1ccc(C(OC[C@H](NC(=O)c2ccc(C#Cc3ccccc3)cc2)[C@H](C)OP(OCCC#N)N(C(C)C)C(C)C)(c2ccccc2)c2ccc(OC)cc2)cc1. The van der Waals surface area contributed by atoms with Crippen LogP contribution in [0.15, 0.2) is 133 Å². The van der Waals surface area contributed by atoms with E-state index in [1.54, 1.807) is 26.4 Å². The Labute approximate surface area is 351 Å². The predicted octanol–water partition coefficient (Wildman–Crippen LogP) is 9.89. The maximum Gasteiger partial charge on any atom is 0.259 e. The number of amides is 1. The van der Waals surface area contributed by atoms with E-state index in [9.17, 15) is 10.1 Å². The van der Waals surface area contributed by atoms with Crippen molar-refractivity contribution in [1.29, 1.82) is 5.26 Å². The molecule has 0 saturated heterocycles. The summed E-state index contributed by atoms with van der Waals surface area (Å²) in [6.45, 7) is 10.5. The van der Waals surface area contributed by atoms with Gasteiger partial charge in [-0.3, -0.25) is 4.79 Å². The Kier molecular flexibility index (Phi) is 16.6. The molecule has 5 rings (SSSR count). The summed E-state index contributed by atoms with van der Waals surface area (Å²) in [7, 11) is 1.63. The molecule has 5 aromatic carbocycles. The predicted molar refractivity (Wildman–Crippen MR) is 234 cm³/mol. The maximum atomic E-state index is 14.2. The number of nitrogens with one attached hydrogen (secondary N) is 1. The monoisotopic (exact) mass is 811 g/mol. The van der Waals surface area contributed by atoms with Crippen molar-refractivity contribution in [2.24, 2.45) is 0 Å². The highest BCUT2D eigenvalue weighted by Crippen LogP contribution is 2.48. The molecule has 0 aliphatic carbocycles. The van der Waals surface area contributed by atoms with Crippen LogP contribution in [0.1, 0.15) is 79.2 Å². The van der Waals surface area contributed by atoms with Crippen molar-refractivity contribution in [3.05, 3.63) is 167 Å². The fraction of sp³-hybridized carbons (Fsp3) is 0.306. The lowest BCUT2D eigenvalue weighted by molar-refractivity contribution is -0.0181. The normalized spacial score (nSPS) is 12.9. The number of carbonyl (C=O) groups is 1. The number of hydrogen-bond acceptors (Lipinski definition) is 8. The number of ether oxygens (including phenoxy) is 3. The number of hydrogen-bond donors (Lipinski definition) is 1. The molecule has 59 heavy (non-hydrogen) atoms. The molecule has 0 saturated carbocycles. The van der Waals surface area contributed by atoms with Crippen molar-refractivity contribution in [2.45, 2.75) is 70.9 Å². The van der Waals surface area contributed by atoms with Crippen LogP contribution in [0.2, 0.25) is 0 Å². The summed E-state index contributed by atoms with van der Waals surface area (Å²) in [5.41, 5.74) is 3.61. The lowest BCUT2D eigenvalue weighted by Crippen LogP contribution is -2.49. The number of carbonyl (C=O) groups excluding carboxylic acids is 1. The lowest BCUT2D eigenvalue weighted by Gasteiger charge is -2.40. The van der Waals surface area contributed by atoms with Gasteiger partial charge in [0.25, 0.3) is 14.4 Å². The third-order valence-electron chi connectivity index (χ3n) is 9.73. The Morgan fingerprint density at radius 3 is 1.68 bits per heavy atom. The van der Waals surface area contributed by atoms with E-state index < -0.39 is 26.3 Å². The minimum absolute atomic E-state index is 0.0330. The maximum absolute atomic E-state index is 14.2. The highest BCUT2D eigenvalue weighted by molar-refractivity contribution is 7.44. The van der Waals surface area contributed by atoms with Crippen molar-refractivity contribution in [2.75, 3.05) is 27.4 Å². The molecule has 3 atom stereocenters. The molecule has 0 aliphatic rings. The molecular formula is C49H54N3O6P. The van der Waals surface area contributed by atoms with Crippen LogP contribution < -0.4 is 14.8 Å². The minimum Gasteiger partial charge on any atom is -0.497 e. The fourth-order valence-electron chi connectivity index (χ4n) is 6.72. The van der Waals surface area contributed by atoms with Gasteiger partial charge in [0.05, 0.1) is 52.1 Å².